The van der Waals surface area contributed by atoms with Gasteiger partial charge in [0.25, 0.3) is 17.5 Å². The summed E-state index contributed by atoms with van der Waals surface area (Å²) in [6.07, 6.45) is 0. The molecule has 0 N–H and O–H groups in total. The molecule has 0 bridgehead atoms. The number of hydrogen-bond donors (Lipinski definition) is 0. The Labute approximate surface area is 145 Å². The second kappa shape index (κ2) is 5.66. The van der Waals surface area contributed by atoms with Gasteiger partial charge in [-0.2, -0.15) is 0 Å². The summed E-state index contributed by atoms with van der Waals surface area (Å²) in [5.74, 6) is -0.937. The highest BCUT2D eigenvalue weighted by molar-refractivity contribution is 6.23. The van der Waals surface area contributed by atoms with Crippen molar-refractivity contribution in [3.63, 3.8) is 0 Å². The number of rotatable bonds is 4. The largest absolute Gasteiger partial charge is 0.454 e. The molecule has 2 aliphatic heterocycles. The van der Waals surface area contributed by atoms with Gasteiger partial charge in [-0.05, 0) is 24.3 Å². The molecular weight excluding hydrogens is 344 g/mol. The van der Waals surface area contributed by atoms with Gasteiger partial charge in [-0.1, -0.05) is 0 Å². The van der Waals surface area contributed by atoms with Gasteiger partial charge in [-0.25, -0.2) is 0 Å². The van der Waals surface area contributed by atoms with E-state index in [1.807, 2.05) is 0 Å². The Morgan fingerprint density at radius 3 is 2.54 bits per heavy atom. The molecule has 0 unspecified atom stereocenters. The molecule has 2 amide bonds. The smallest absolute Gasteiger partial charge is 0.270 e. The molecule has 2 aromatic carbocycles. The van der Waals surface area contributed by atoms with Crippen LogP contribution in [-0.2, 0) is 0 Å². The molecule has 9 heteroatoms. The zero-order chi connectivity index (χ0) is 18.4. The first-order chi connectivity index (χ1) is 12.5. The van der Waals surface area contributed by atoms with Crippen LogP contribution in [0.25, 0.3) is 0 Å². The van der Waals surface area contributed by atoms with E-state index in [0.717, 1.165) is 17.0 Å². The Morgan fingerprint density at radius 1 is 1.04 bits per heavy atom. The maximum absolute atomic E-state index is 12.5. The van der Waals surface area contributed by atoms with Crippen molar-refractivity contribution >= 4 is 23.3 Å². The van der Waals surface area contributed by atoms with Gasteiger partial charge in [0, 0.05) is 17.7 Å². The number of hydrogen-bond acceptors (Lipinski definition) is 7. The summed E-state index contributed by atoms with van der Waals surface area (Å²) in [6.45, 7) is -0.413. The Bertz CT molecular complexity index is 999. The van der Waals surface area contributed by atoms with Crippen LogP contribution in [0.15, 0.2) is 36.4 Å². The molecule has 0 aliphatic carbocycles. The minimum absolute atomic E-state index is 0.0408. The summed E-state index contributed by atoms with van der Waals surface area (Å²) in [4.78, 5) is 48.2. The van der Waals surface area contributed by atoms with Gasteiger partial charge in [-0.15, -0.1) is 0 Å². The number of nitro benzene ring substituents is 1. The van der Waals surface area contributed by atoms with Gasteiger partial charge in [0.2, 0.25) is 6.79 Å². The number of imide groups is 1. The van der Waals surface area contributed by atoms with E-state index in [1.165, 1.54) is 18.2 Å². The lowest BCUT2D eigenvalue weighted by Crippen LogP contribution is -2.34. The Balaban J connectivity index is 1.59. The van der Waals surface area contributed by atoms with Crippen LogP contribution in [0, 0.1) is 10.1 Å². The van der Waals surface area contributed by atoms with E-state index in [0.29, 0.717) is 11.5 Å². The molecule has 4 rings (SSSR count). The Morgan fingerprint density at radius 2 is 1.77 bits per heavy atom. The number of fused-ring (bicyclic) bond motifs is 2. The molecule has 0 fully saturated rings. The third kappa shape index (κ3) is 2.37. The molecule has 2 aliphatic rings. The van der Waals surface area contributed by atoms with Crippen LogP contribution < -0.4 is 9.47 Å². The van der Waals surface area contributed by atoms with E-state index >= 15 is 0 Å². The molecule has 0 radical (unpaired) electrons. The number of carbonyl (C=O) groups is 3. The number of amides is 2. The summed E-state index contributed by atoms with van der Waals surface area (Å²) in [7, 11) is 0. The summed E-state index contributed by atoms with van der Waals surface area (Å²) in [5, 5.41) is 10.8. The van der Waals surface area contributed by atoms with Gasteiger partial charge in [0.1, 0.15) is 0 Å². The van der Waals surface area contributed by atoms with Crippen LogP contribution in [0.4, 0.5) is 5.69 Å². The molecule has 0 spiro atoms. The lowest BCUT2D eigenvalue weighted by atomic mass is 10.1. The summed E-state index contributed by atoms with van der Waals surface area (Å²) in [6, 6.07) is 7.97. The number of nitro groups is 1. The van der Waals surface area contributed by atoms with E-state index in [4.69, 9.17) is 9.47 Å². The number of benzene rings is 2. The van der Waals surface area contributed by atoms with Gasteiger partial charge in [0.15, 0.2) is 17.3 Å². The van der Waals surface area contributed by atoms with Crippen molar-refractivity contribution in [1.29, 1.82) is 0 Å². The molecular formula is C17H10N2O7. The highest BCUT2D eigenvalue weighted by Crippen LogP contribution is 2.33. The van der Waals surface area contributed by atoms with Crippen LogP contribution in [0.2, 0.25) is 0 Å². The van der Waals surface area contributed by atoms with E-state index in [2.05, 4.69) is 0 Å². The molecule has 130 valence electrons. The first-order valence-electron chi connectivity index (χ1n) is 7.53. The molecule has 0 aromatic heterocycles. The number of Topliss-reactive ketones (excluding diaryl/α,β-unsaturated/α-hetero) is 1. The fraction of sp³-hybridized carbons (Fsp3) is 0.118. The van der Waals surface area contributed by atoms with Crippen LogP contribution in [0.1, 0.15) is 31.1 Å². The number of carbonyl (C=O) groups excluding carboxylic acids is 3. The molecule has 2 aromatic rings. The lowest BCUT2D eigenvalue weighted by molar-refractivity contribution is -0.384. The van der Waals surface area contributed by atoms with Crippen molar-refractivity contribution in [2.24, 2.45) is 0 Å². The normalized spacial score (nSPS) is 14.5. The van der Waals surface area contributed by atoms with E-state index in [-0.39, 0.29) is 29.2 Å². The maximum Gasteiger partial charge on any atom is 0.270 e. The van der Waals surface area contributed by atoms with Crippen molar-refractivity contribution in [3.8, 4) is 11.5 Å². The molecule has 0 saturated heterocycles. The topological polar surface area (TPSA) is 116 Å². The minimum Gasteiger partial charge on any atom is -0.454 e. The number of nitrogens with zero attached hydrogens (tertiary/aromatic N) is 2. The molecule has 9 nitrogen and oxygen atoms in total. The average molecular weight is 354 g/mol. The first-order valence-corrected chi connectivity index (χ1v) is 7.53. The third-order valence-corrected chi connectivity index (χ3v) is 4.16. The van der Waals surface area contributed by atoms with Crippen LogP contribution in [-0.4, -0.2) is 40.8 Å². The maximum atomic E-state index is 12.5. The van der Waals surface area contributed by atoms with Crippen LogP contribution in [0.3, 0.4) is 0 Å². The Kier molecular flexibility index (Phi) is 3.43. The molecule has 26 heavy (non-hydrogen) atoms. The van der Waals surface area contributed by atoms with Crippen molar-refractivity contribution in [3.05, 3.63) is 63.2 Å². The second-order valence-corrected chi connectivity index (χ2v) is 5.67. The van der Waals surface area contributed by atoms with E-state index < -0.39 is 29.1 Å². The van der Waals surface area contributed by atoms with Gasteiger partial charge < -0.3 is 9.47 Å². The number of ketones is 1. The van der Waals surface area contributed by atoms with Gasteiger partial charge >= 0.3 is 0 Å². The van der Waals surface area contributed by atoms with Crippen LogP contribution in [0.5, 0.6) is 11.5 Å². The second-order valence-electron chi connectivity index (χ2n) is 5.67. The lowest BCUT2D eigenvalue weighted by Gasteiger charge is -2.12. The zero-order valence-electron chi connectivity index (χ0n) is 13.1. The standard InChI is InChI=1S/C17H10N2O7/c20-13(9-1-4-14-15(5-9)26-8-25-14)7-18-16(21)11-3-2-10(19(23)24)6-12(11)17(18)22/h1-6H,7-8H2. The fourth-order valence-electron chi connectivity index (χ4n) is 2.84. The molecule has 0 saturated carbocycles. The van der Waals surface area contributed by atoms with Crippen LogP contribution >= 0.6 is 0 Å². The summed E-state index contributed by atoms with van der Waals surface area (Å²) < 4.78 is 10.4. The van der Waals surface area contributed by atoms with E-state index in [9.17, 15) is 24.5 Å². The SMILES string of the molecule is O=C(CN1C(=O)c2ccc([N+](=O)[O-])cc2C1=O)c1ccc2c(c1)OCO2. The molecule has 2 heterocycles. The highest BCUT2D eigenvalue weighted by Gasteiger charge is 2.38. The first kappa shape index (κ1) is 15.8. The van der Waals surface area contributed by atoms with Crippen molar-refractivity contribution in [2.45, 2.75) is 0 Å². The van der Waals surface area contributed by atoms with E-state index in [1.54, 1.807) is 6.07 Å². The average Bonchev–Trinajstić information content (AvgIpc) is 3.19. The fourth-order valence-corrected chi connectivity index (χ4v) is 2.84. The minimum atomic E-state index is -0.734. The van der Waals surface area contributed by atoms with Gasteiger partial charge in [0.05, 0.1) is 22.6 Å². The quantitative estimate of drug-likeness (QED) is 0.356. The summed E-state index contributed by atoms with van der Waals surface area (Å²) >= 11 is 0. The van der Waals surface area contributed by atoms with Crippen molar-refractivity contribution in [1.82, 2.24) is 4.90 Å². The van der Waals surface area contributed by atoms with Gasteiger partial charge in [-0.3, -0.25) is 29.4 Å². The monoisotopic (exact) mass is 354 g/mol. The third-order valence-electron chi connectivity index (χ3n) is 4.16. The number of non-ortho nitro benzene ring substituents is 1. The summed E-state index contributed by atoms with van der Waals surface area (Å²) in [5.41, 5.74) is -0.0765. The molecule has 0 atom stereocenters. The highest BCUT2D eigenvalue weighted by atomic mass is 16.7. The predicted molar refractivity (Wildman–Crippen MR) is 85.4 cm³/mol. The Hall–Kier alpha value is -3.75. The van der Waals surface area contributed by atoms with Crippen molar-refractivity contribution < 1.29 is 28.8 Å². The number of ether oxygens (including phenoxy) is 2. The van der Waals surface area contributed by atoms with Crippen molar-refractivity contribution in [2.75, 3.05) is 13.3 Å². The predicted octanol–water partition coefficient (Wildman–Crippen LogP) is 1.80. The zero-order valence-corrected chi connectivity index (χ0v) is 13.1.